The fourth-order valence-electron chi connectivity index (χ4n) is 5.20. The van der Waals surface area contributed by atoms with Crippen LogP contribution < -0.4 is 29.7 Å². The van der Waals surface area contributed by atoms with Gasteiger partial charge in [0.15, 0.2) is 4.80 Å². The molecule has 0 bridgehead atoms. The molecule has 1 atom stereocenters. The molecule has 1 aliphatic heterocycles. The van der Waals surface area contributed by atoms with Crippen LogP contribution in [-0.2, 0) is 11.4 Å². The van der Waals surface area contributed by atoms with E-state index in [1.807, 2.05) is 97.9 Å². The highest BCUT2D eigenvalue weighted by Gasteiger charge is 2.32. The highest BCUT2D eigenvalue weighted by molar-refractivity contribution is 7.07. The molecule has 1 amide bonds. The fourth-order valence-corrected chi connectivity index (χ4v) is 6.57. The first-order valence-corrected chi connectivity index (χ1v) is 16.2. The maximum atomic E-state index is 14.1. The summed E-state index contributed by atoms with van der Waals surface area (Å²) in [4.78, 5) is 33.1. The summed E-state index contributed by atoms with van der Waals surface area (Å²) in [6.45, 7) is 4.55. The smallest absolute Gasteiger partial charge is 0.271 e. The normalized spacial score (nSPS) is 14.4. The topological polar surface area (TPSA) is 81.9 Å². The highest BCUT2D eigenvalue weighted by atomic mass is 35.5. The van der Waals surface area contributed by atoms with Crippen molar-refractivity contribution in [2.75, 3.05) is 11.9 Å². The molecule has 0 aliphatic carbocycles. The van der Waals surface area contributed by atoms with Crippen LogP contribution in [0.15, 0.2) is 118 Å². The Balaban J connectivity index is 1.37. The average Bonchev–Trinajstić information content (AvgIpc) is 3.35. The van der Waals surface area contributed by atoms with Gasteiger partial charge < -0.3 is 14.8 Å². The Morgan fingerprint density at radius 3 is 2.46 bits per heavy atom. The number of hydrogen-bond donors (Lipinski definition) is 1. The van der Waals surface area contributed by atoms with Gasteiger partial charge in [-0.25, -0.2) is 4.99 Å². The molecular weight excluding hydrogens is 641 g/mol. The number of anilines is 1. The van der Waals surface area contributed by atoms with Crippen LogP contribution in [0.1, 0.15) is 36.6 Å². The van der Waals surface area contributed by atoms with Crippen molar-refractivity contribution in [3.63, 3.8) is 0 Å². The van der Waals surface area contributed by atoms with Gasteiger partial charge in [-0.15, -0.1) is 0 Å². The molecule has 4 aromatic carbocycles. The van der Waals surface area contributed by atoms with E-state index in [4.69, 9.17) is 37.7 Å². The minimum absolute atomic E-state index is 0.248. The number of carbonyl (C=O) groups excluding carboxylic acids is 1. The van der Waals surface area contributed by atoms with Gasteiger partial charge in [0.2, 0.25) is 0 Å². The van der Waals surface area contributed by atoms with Crippen molar-refractivity contribution in [3.05, 3.63) is 155 Å². The number of benzene rings is 4. The van der Waals surface area contributed by atoms with Gasteiger partial charge in [-0.3, -0.25) is 14.2 Å². The molecule has 10 heteroatoms. The van der Waals surface area contributed by atoms with E-state index in [9.17, 15) is 9.59 Å². The van der Waals surface area contributed by atoms with Crippen LogP contribution in [-0.4, -0.2) is 17.1 Å². The minimum atomic E-state index is -0.696. The zero-order valence-corrected chi connectivity index (χ0v) is 27.3. The summed E-state index contributed by atoms with van der Waals surface area (Å²) in [5.41, 5.74) is 3.76. The average molecular weight is 671 g/mol. The van der Waals surface area contributed by atoms with Crippen LogP contribution in [0, 0.1) is 0 Å². The van der Waals surface area contributed by atoms with E-state index >= 15 is 0 Å². The van der Waals surface area contributed by atoms with Crippen LogP contribution >= 0.6 is 34.5 Å². The van der Waals surface area contributed by atoms with E-state index in [0.29, 0.717) is 61.0 Å². The minimum Gasteiger partial charge on any atom is -0.494 e. The van der Waals surface area contributed by atoms with Crippen LogP contribution in [0.3, 0.4) is 0 Å². The van der Waals surface area contributed by atoms with Crippen molar-refractivity contribution in [1.82, 2.24) is 4.57 Å². The molecule has 0 spiro atoms. The summed E-state index contributed by atoms with van der Waals surface area (Å²) >= 11 is 13.5. The number of para-hydroxylation sites is 1. The molecule has 0 unspecified atom stereocenters. The lowest BCUT2D eigenvalue weighted by atomic mass is 9.95. The van der Waals surface area contributed by atoms with E-state index in [1.165, 1.54) is 11.3 Å². The van der Waals surface area contributed by atoms with Gasteiger partial charge in [-0.05, 0) is 85.1 Å². The van der Waals surface area contributed by atoms with Crippen molar-refractivity contribution < 1.29 is 14.3 Å². The number of nitrogens with one attached hydrogen (secondary N) is 1. The number of aromatic nitrogens is 1. The van der Waals surface area contributed by atoms with Crippen molar-refractivity contribution in [2.45, 2.75) is 26.5 Å². The number of nitrogens with zero attached hydrogens (tertiary/aromatic N) is 2. The van der Waals surface area contributed by atoms with Crippen LogP contribution in [0.5, 0.6) is 11.5 Å². The monoisotopic (exact) mass is 669 g/mol. The quantitative estimate of drug-likeness (QED) is 0.181. The lowest BCUT2D eigenvalue weighted by molar-refractivity contribution is -0.113. The number of halogens is 2. The summed E-state index contributed by atoms with van der Waals surface area (Å²) in [5.74, 6) is 1.01. The highest BCUT2D eigenvalue weighted by Crippen LogP contribution is 2.32. The Kier molecular flexibility index (Phi) is 9.40. The third-order valence-electron chi connectivity index (χ3n) is 7.35. The van der Waals surface area contributed by atoms with Gasteiger partial charge in [0.1, 0.15) is 18.1 Å². The van der Waals surface area contributed by atoms with Gasteiger partial charge >= 0.3 is 0 Å². The maximum Gasteiger partial charge on any atom is 0.271 e. The number of hydrogen-bond acceptors (Lipinski definition) is 6. The van der Waals surface area contributed by atoms with E-state index in [-0.39, 0.29) is 11.5 Å². The largest absolute Gasteiger partial charge is 0.494 e. The molecule has 5 aromatic rings. The number of thiazole rings is 1. The van der Waals surface area contributed by atoms with Gasteiger partial charge in [-0.1, -0.05) is 83.1 Å². The number of fused-ring (bicyclic) bond motifs is 1. The molecule has 0 fully saturated rings. The van der Waals surface area contributed by atoms with E-state index < -0.39 is 6.04 Å². The second-order valence-electron chi connectivity index (χ2n) is 10.5. The number of ether oxygens (including phenoxy) is 2. The molecular formula is C36H29Cl2N3O4S. The molecule has 232 valence electrons. The predicted molar refractivity (Wildman–Crippen MR) is 184 cm³/mol. The molecule has 46 heavy (non-hydrogen) atoms. The van der Waals surface area contributed by atoms with Gasteiger partial charge in [0.25, 0.3) is 11.5 Å². The molecule has 7 nitrogen and oxygen atoms in total. The number of amides is 1. The molecule has 0 radical (unpaired) electrons. The molecule has 6 rings (SSSR count). The van der Waals surface area contributed by atoms with Gasteiger partial charge in [0.05, 0.1) is 38.5 Å². The summed E-state index contributed by atoms with van der Waals surface area (Å²) in [6, 6.07) is 28.8. The van der Waals surface area contributed by atoms with Gasteiger partial charge in [0, 0.05) is 5.69 Å². The zero-order valence-electron chi connectivity index (χ0n) is 25.0. The molecule has 0 saturated carbocycles. The predicted octanol–water partition coefficient (Wildman–Crippen LogP) is 7.16. The summed E-state index contributed by atoms with van der Waals surface area (Å²) in [6.07, 6.45) is 1.81. The Morgan fingerprint density at radius 2 is 1.72 bits per heavy atom. The van der Waals surface area contributed by atoms with E-state index in [1.54, 1.807) is 23.6 Å². The molecule has 2 heterocycles. The third kappa shape index (κ3) is 6.79. The Hall–Kier alpha value is -4.63. The second kappa shape index (κ2) is 13.8. The second-order valence-corrected chi connectivity index (χ2v) is 12.3. The van der Waals surface area contributed by atoms with Crippen molar-refractivity contribution in [1.29, 1.82) is 0 Å². The van der Waals surface area contributed by atoms with Crippen molar-refractivity contribution in [2.24, 2.45) is 4.99 Å². The van der Waals surface area contributed by atoms with Crippen LogP contribution in [0.2, 0.25) is 10.0 Å². The molecule has 1 aromatic heterocycles. The van der Waals surface area contributed by atoms with E-state index in [0.717, 1.165) is 16.7 Å². The SMILES string of the molecule is CCOc1ccc([C@@H]2C(C(=O)Nc3ccccc3)=C(C)N=c3s/c(=C/c4cccc(OCc5ccc(Cl)c(Cl)c5)c4)c(=O)n32)cc1. The van der Waals surface area contributed by atoms with Crippen molar-refractivity contribution in [3.8, 4) is 11.5 Å². The first-order valence-electron chi connectivity index (χ1n) is 14.6. The Bertz CT molecular complexity index is 2120. The number of carbonyl (C=O) groups is 1. The molecule has 1 aliphatic rings. The lowest BCUT2D eigenvalue weighted by Gasteiger charge is -2.25. The van der Waals surface area contributed by atoms with Crippen molar-refractivity contribution >= 4 is 52.2 Å². The lowest BCUT2D eigenvalue weighted by Crippen LogP contribution is -2.40. The Morgan fingerprint density at radius 1 is 0.935 bits per heavy atom. The summed E-state index contributed by atoms with van der Waals surface area (Å²) < 4.78 is 13.7. The van der Waals surface area contributed by atoms with Gasteiger partial charge in [-0.2, -0.15) is 0 Å². The fraction of sp³-hybridized carbons (Fsp3) is 0.139. The number of allylic oxidation sites excluding steroid dienone is 1. The molecule has 1 N–H and O–H groups in total. The first kappa shape index (κ1) is 31.4. The van der Waals surface area contributed by atoms with E-state index in [2.05, 4.69) is 5.32 Å². The third-order valence-corrected chi connectivity index (χ3v) is 9.07. The first-order chi connectivity index (χ1) is 22.3. The maximum absolute atomic E-state index is 14.1. The molecule has 0 saturated heterocycles. The summed E-state index contributed by atoms with van der Waals surface area (Å²) in [7, 11) is 0. The van der Waals surface area contributed by atoms with Crippen LogP contribution in [0.4, 0.5) is 5.69 Å². The summed E-state index contributed by atoms with van der Waals surface area (Å²) in [5, 5.41) is 3.93. The Labute approximate surface area is 279 Å². The number of rotatable bonds is 9. The van der Waals surface area contributed by atoms with Crippen LogP contribution in [0.25, 0.3) is 6.08 Å². The standard InChI is InChI=1S/C36H29Cl2N3O4S/c1-3-44-27-15-13-25(14-16-27)33-32(34(42)40-26-9-5-4-6-10-26)22(2)39-36-41(33)35(43)31(46-36)20-23-8-7-11-28(18-23)45-21-24-12-17-29(37)30(38)19-24/h4-20,33H,3,21H2,1-2H3,(H,40,42)/b31-20+/t33-/m1/s1. The zero-order chi connectivity index (χ0) is 32.2.